The summed E-state index contributed by atoms with van der Waals surface area (Å²) in [6.07, 6.45) is 1.66. The van der Waals surface area contributed by atoms with Crippen molar-refractivity contribution in [1.29, 1.82) is 0 Å². The minimum absolute atomic E-state index is 0.00676. The van der Waals surface area contributed by atoms with Gasteiger partial charge in [0, 0.05) is 32.1 Å². The summed E-state index contributed by atoms with van der Waals surface area (Å²) in [6.45, 7) is 4.74. The Kier molecular flexibility index (Phi) is 4.27. The Morgan fingerprint density at radius 1 is 1.44 bits per heavy atom. The quantitative estimate of drug-likeness (QED) is 0.762. The van der Waals surface area contributed by atoms with Crippen LogP contribution in [0.5, 0.6) is 0 Å². The number of rotatable bonds is 2. The fourth-order valence-corrected chi connectivity index (χ4v) is 4.56. The lowest BCUT2D eigenvalue weighted by Gasteiger charge is -2.29. The van der Waals surface area contributed by atoms with Gasteiger partial charge in [-0.15, -0.1) is 0 Å². The lowest BCUT2D eigenvalue weighted by molar-refractivity contribution is -0.134. The zero-order chi connectivity index (χ0) is 13.2. The maximum Gasteiger partial charge on any atom is 0.226 e. The minimum Gasteiger partial charge on any atom is -0.341 e. The topological polar surface area (TPSA) is 66.5 Å². The molecule has 104 valence electrons. The highest BCUT2D eigenvalue weighted by Crippen LogP contribution is 2.20. The molecule has 0 aromatic carbocycles. The van der Waals surface area contributed by atoms with Crippen LogP contribution in [0.1, 0.15) is 19.8 Å². The number of nitrogens with one attached hydrogen (secondary N) is 1. The molecule has 18 heavy (non-hydrogen) atoms. The van der Waals surface area contributed by atoms with E-state index in [-0.39, 0.29) is 23.5 Å². The van der Waals surface area contributed by atoms with Gasteiger partial charge >= 0.3 is 0 Å². The van der Waals surface area contributed by atoms with Crippen molar-refractivity contribution in [2.45, 2.75) is 19.8 Å². The van der Waals surface area contributed by atoms with Gasteiger partial charge in [0.25, 0.3) is 0 Å². The van der Waals surface area contributed by atoms with Gasteiger partial charge in [-0.2, -0.15) is 0 Å². The van der Waals surface area contributed by atoms with Crippen LogP contribution < -0.4 is 5.32 Å². The number of nitrogens with zero attached hydrogens (tertiary/aromatic N) is 1. The number of hydrogen-bond donors (Lipinski definition) is 1. The van der Waals surface area contributed by atoms with Crippen molar-refractivity contribution >= 4 is 15.7 Å². The predicted molar refractivity (Wildman–Crippen MR) is 70.0 cm³/mol. The van der Waals surface area contributed by atoms with Gasteiger partial charge in [-0.1, -0.05) is 6.92 Å². The smallest absolute Gasteiger partial charge is 0.226 e. The third kappa shape index (κ3) is 3.45. The first-order valence-corrected chi connectivity index (χ1v) is 8.50. The normalized spacial score (nSPS) is 33.2. The highest BCUT2D eigenvalue weighted by atomic mass is 32.2. The Hall–Kier alpha value is -0.620. The largest absolute Gasteiger partial charge is 0.341 e. The molecule has 0 saturated carbocycles. The number of sulfone groups is 1. The second-order valence-corrected chi connectivity index (χ2v) is 7.74. The first kappa shape index (κ1) is 13.8. The van der Waals surface area contributed by atoms with Crippen molar-refractivity contribution in [3.05, 3.63) is 0 Å². The van der Waals surface area contributed by atoms with E-state index in [0.29, 0.717) is 18.8 Å². The molecule has 0 aliphatic carbocycles. The van der Waals surface area contributed by atoms with Crippen molar-refractivity contribution in [2.75, 3.05) is 37.7 Å². The van der Waals surface area contributed by atoms with Gasteiger partial charge in [0.05, 0.1) is 11.5 Å². The van der Waals surface area contributed by atoms with Gasteiger partial charge in [-0.05, 0) is 18.8 Å². The molecule has 2 unspecified atom stereocenters. The van der Waals surface area contributed by atoms with Crippen LogP contribution in [0.4, 0.5) is 0 Å². The third-order valence-electron chi connectivity index (χ3n) is 3.78. The highest BCUT2D eigenvalue weighted by Gasteiger charge is 2.30. The Balaban J connectivity index is 1.97. The lowest BCUT2D eigenvalue weighted by Crippen LogP contribution is -2.41. The SMILES string of the molecule is CC1CNCCN(CC2CCCS(=O)(=O)C2)C1=O. The maximum absolute atomic E-state index is 12.1. The molecule has 2 atom stereocenters. The number of carbonyl (C=O) groups excluding carboxylic acids is 1. The summed E-state index contributed by atoms with van der Waals surface area (Å²) in [5, 5.41) is 3.23. The average molecular weight is 274 g/mol. The summed E-state index contributed by atoms with van der Waals surface area (Å²) in [6, 6.07) is 0. The standard InChI is InChI=1S/C12H22N2O3S/c1-10-7-13-4-5-14(12(10)15)8-11-3-2-6-18(16,17)9-11/h10-11,13H,2-9H2,1H3. The maximum atomic E-state index is 12.1. The number of carbonyl (C=O) groups is 1. The van der Waals surface area contributed by atoms with Crippen molar-refractivity contribution in [1.82, 2.24) is 10.2 Å². The first-order valence-electron chi connectivity index (χ1n) is 6.68. The Bertz CT molecular complexity index is 408. The van der Waals surface area contributed by atoms with E-state index in [1.54, 1.807) is 0 Å². The fourth-order valence-electron chi connectivity index (χ4n) is 2.80. The van der Waals surface area contributed by atoms with E-state index in [2.05, 4.69) is 5.32 Å². The number of hydrogen-bond acceptors (Lipinski definition) is 4. The summed E-state index contributed by atoms with van der Waals surface area (Å²) in [4.78, 5) is 14.0. The Morgan fingerprint density at radius 3 is 2.94 bits per heavy atom. The van der Waals surface area contributed by atoms with E-state index in [4.69, 9.17) is 0 Å². The van der Waals surface area contributed by atoms with Crippen LogP contribution in [0.15, 0.2) is 0 Å². The molecule has 1 N–H and O–H groups in total. The van der Waals surface area contributed by atoms with E-state index in [9.17, 15) is 13.2 Å². The Labute approximate surface area is 109 Å². The molecule has 0 spiro atoms. The van der Waals surface area contributed by atoms with Gasteiger partial charge in [-0.3, -0.25) is 4.79 Å². The van der Waals surface area contributed by atoms with Crippen LogP contribution in [0, 0.1) is 11.8 Å². The molecule has 0 aromatic rings. The van der Waals surface area contributed by atoms with Crippen LogP contribution in [0.2, 0.25) is 0 Å². The van der Waals surface area contributed by atoms with Crippen LogP contribution in [0.25, 0.3) is 0 Å². The highest BCUT2D eigenvalue weighted by molar-refractivity contribution is 7.91. The average Bonchev–Trinajstić information content (AvgIpc) is 2.43. The van der Waals surface area contributed by atoms with E-state index >= 15 is 0 Å². The van der Waals surface area contributed by atoms with Crippen molar-refractivity contribution in [3.63, 3.8) is 0 Å². The van der Waals surface area contributed by atoms with Crippen LogP contribution in [-0.2, 0) is 14.6 Å². The van der Waals surface area contributed by atoms with Gasteiger partial charge in [0.2, 0.25) is 5.91 Å². The summed E-state index contributed by atoms with van der Waals surface area (Å²) in [5.41, 5.74) is 0. The molecule has 2 aliphatic heterocycles. The molecule has 2 saturated heterocycles. The zero-order valence-corrected chi connectivity index (χ0v) is 11.7. The van der Waals surface area contributed by atoms with Crippen molar-refractivity contribution < 1.29 is 13.2 Å². The molecule has 1 amide bonds. The van der Waals surface area contributed by atoms with Gasteiger partial charge < -0.3 is 10.2 Å². The molecule has 0 aromatic heterocycles. The van der Waals surface area contributed by atoms with Gasteiger partial charge in [-0.25, -0.2) is 8.42 Å². The first-order chi connectivity index (χ1) is 8.48. The van der Waals surface area contributed by atoms with Gasteiger partial charge in [0.1, 0.15) is 0 Å². The molecular weight excluding hydrogens is 252 g/mol. The predicted octanol–water partition coefficient (Wildman–Crippen LogP) is -0.121. The molecule has 0 radical (unpaired) electrons. The summed E-state index contributed by atoms with van der Waals surface area (Å²) < 4.78 is 23.2. The van der Waals surface area contributed by atoms with E-state index in [1.165, 1.54) is 0 Å². The number of amides is 1. The molecular formula is C12H22N2O3S. The van der Waals surface area contributed by atoms with Crippen LogP contribution >= 0.6 is 0 Å². The Morgan fingerprint density at radius 2 is 2.22 bits per heavy atom. The molecule has 2 heterocycles. The van der Waals surface area contributed by atoms with E-state index in [1.807, 2.05) is 11.8 Å². The van der Waals surface area contributed by atoms with Crippen molar-refractivity contribution in [2.24, 2.45) is 11.8 Å². The summed E-state index contributed by atoms with van der Waals surface area (Å²) >= 11 is 0. The molecule has 2 rings (SSSR count). The lowest BCUT2D eigenvalue weighted by atomic mass is 10.0. The van der Waals surface area contributed by atoms with Crippen LogP contribution in [0.3, 0.4) is 0 Å². The monoisotopic (exact) mass is 274 g/mol. The summed E-state index contributed by atoms with van der Waals surface area (Å²) in [5.74, 6) is 0.835. The molecule has 0 bridgehead atoms. The minimum atomic E-state index is -2.88. The third-order valence-corrected chi connectivity index (χ3v) is 5.67. The van der Waals surface area contributed by atoms with Crippen LogP contribution in [-0.4, -0.2) is 56.9 Å². The second kappa shape index (κ2) is 5.57. The zero-order valence-electron chi connectivity index (χ0n) is 10.9. The van der Waals surface area contributed by atoms with E-state index in [0.717, 1.165) is 25.9 Å². The molecule has 6 heteroatoms. The molecule has 2 aliphatic rings. The summed E-state index contributed by atoms with van der Waals surface area (Å²) in [7, 11) is -2.88. The second-order valence-electron chi connectivity index (χ2n) is 5.51. The van der Waals surface area contributed by atoms with E-state index < -0.39 is 9.84 Å². The fraction of sp³-hybridized carbons (Fsp3) is 0.917. The van der Waals surface area contributed by atoms with Gasteiger partial charge in [0.15, 0.2) is 9.84 Å². The molecule has 2 fully saturated rings. The molecule has 5 nitrogen and oxygen atoms in total. The van der Waals surface area contributed by atoms with Crippen molar-refractivity contribution in [3.8, 4) is 0 Å².